The number of carbonyl (C=O) groups is 1. The lowest BCUT2D eigenvalue weighted by molar-refractivity contribution is -0.192. The van der Waals surface area contributed by atoms with E-state index < -0.39 is 23.3 Å². The molecule has 0 atom stereocenters. The van der Waals surface area contributed by atoms with E-state index >= 15 is 0 Å². The maximum Gasteiger partial charge on any atom is 0.403 e. The van der Waals surface area contributed by atoms with Crippen LogP contribution in [-0.2, 0) is 11.3 Å². The number of nitriles is 1. The molecule has 1 aliphatic rings. The van der Waals surface area contributed by atoms with Crippen LogP contribution in [0.15, 0.2) is 18.2 Å². The van der Waals surface area contributed by atoms with E-state index in [1.54, 1.807) is 6.07 Å². The summed E-state index contributed by atoms with van der Waals surface area (Å²) in [6.45, 7) is -0.175. The Kier molecular flexibility index (Phi) is 3.42. The fourth-order valence-electron chi connectivity index (χ4n) is 1.88. The molecule has 0 spiro atoms. The number of carbonyl (C=O) groups excluding carboxylic acids is 1. The zero-order valence-electron chi connectivity index (χ0n) is 10.2. The Balaban J connectivity index is 2.03. The lowest BCUT2D eigenvalue weighted by Crippen LogP contribution is -2.40. The number of halogens is 4. The third kappa shape index (κ3) is 2.46. The molecule has 0 aliphatic heterocycles. The van der Waals surface area contributed by atoms with Crippen LogP contribution < -0.4 is 5.32 Å². The Morgan fingerprint density at radius 1 is 1.40 bits per heavy atom. The molecular formula is C13H10F4N2O. The predicted molar refractivity (Wildman–Crippen MR) is 60.7 cm³/mol. The summed E-state index contributed by atoms with van der Waals surface area (Å²) in [5, 5.41) is 10.8. The van der Waals surface area contributed by atoms with Crippen LogP contribution in [0.4, 0.5) is 17.6 Å². The van der Waals surface area contributed by atoms with Crippen molar-refractivity contribution in [3.8, 4) is 6.07 Å². The average molecular weight is 286 g/mol. The Hall–Kier alpha value is -2.10. The van der Waals surface area contributed by atoms with E-state index in [0.717, 1.165) is 6.07 Å². The van der Waals surface area contributed by atoms with Crippen LogP contribution in [0.3, 0.4) is 0 Å². The van der Waals surface area contributed by atoms with Crippen molar-refractivity contribution in [1.82, 2.24) is 5.32 Å². The molecule has 1 fully saturated rings. The largest absolute Gasteiger partial charge is 0.403 e. The van der Waals surface area contributed by atoms with Gasteiger partial charge in [-0.25, -0.2) is 4.39 Å². The quantitative estimate of drug-likeness (QED) is 0.868. The van der Waals surface area contributed by atoms with Gasteiger partial charge in [0.15, 0.2) is 0 Å². The molecule has 0 bridgehead atoms. The van der Waals surface area contributed by atoms with Crippen molar-refractivity contribution in [1.29, 1.82) is 5.26 Å². The molecule has 0 heterocycles. The molecular weight excluding hydrogens is 276 g/mol. The van der Waals surface area contributed by atoms with Crippen molar-refractivity contribution in [3.05, 3.63) is 35.1 Å². The summed E-state index contributed by atoms with van der Waals surface area (Å²) in [5.41, 5.74) is -2.12. The van der Waals surface area contributed by atoms with Gasteiger partial charge in [-0.2, -0.15) is 18.4 Å². The number of alkyl halides is 3. The van der Waals surface area contributed by atoms with Crippen molar-refractivity contribution in [2.24, 2.45) is 5.41 Å². The van der Waals surface area contributed by atoms with Crippen LogP contribution in [0.1, 0.15) is 24.0 Å². The average Bonchev–Trinajstić information content (AvgIpc) is 3.18. The van der Waals surface area contributed by atoms with E-state index in [1.807, 2.05) is 0 Å². The SMILES string of the molecule is N#Cc1cc(CNC(=O)C2(C(F)(F)F)CC2)ccc1F. The second-order valence-corrected chi connectivity index (χ2v) is 4.69. The molecule has 106 valence electrons. The van der Waals surface area contributed by atoms with Crippen molar-refractivity contribution in [2.45, 2.75) is 25.6 Å². The third-order valence-electron chi connectivity index (χ3n) is 3.33. The second kappa shape index (κ2) is 4.78. The molecule has 1 saturated carbocycles. The molecule has 1 aliphatic carbocycles. The van der Waals surface area contributed by atoms with Crippen LogP contribution in [0.5, 0.6) is 0 Å². The van der Waals surface area contributed by atoms with E-state index in [9.17, 15) is 22.4 Å². The van der Waals surface area contributed by atoms with Gasteiger partial charge in [0.2, 0.25) is 5.91 Å². The fourth-order valence-corrected chi connectivity index (χ4v) is 1.88. The number of rotatable bonds is 3. The van der Waals surface area contributed by atoms with Crippen molar-refractivity contribution in [3.63, 3.8) is 0 Å². The van der Waals surface area contributed by atoms with Gasteiger partial charge in [-0.15, -0.1) is 0 Å². The number of benzene rings is 1. The summed E-state index contributed by atoms with van der Waals surface area (Å²) in [6, 6.07) is 5.17. The Bertz CT molecular complexity index is 585. The Labute approximate surface area is 112 Å². The minimum atomic E-state index is -4.56. The Morgan fingerprint density at radius 2 is 2.05 bits per heavy atom. The first-order valence-electron chi connectivity index (χ1n) is 5.84. The molecule has 20 heavy (non-hydrogen) atoms. The normalized spacial score (nSPS) is 16.4. The molecule has 3 nitrogen and oxygen atoms in total. The van der Waals surface area contributed by atoms with Gasteiger partial charge >= 0.3 is 6.18 Å². The number of nitrogens with one attached hydrogen (secondary N) is 1. The predicted octanol–water partition coefficient (Wildman–Crippen LogP) is 2.66. The Morgan fingerprint density at radius 3 is 2.55 bits per heavy atom. The van der Waals surface area contributed by atoms with Gasteiger partial charge in [-0.3, -0.25) is 4.79 Å². The summed E-state index contributed by atoms with van der Waals surface area (Å²) in [6.07, 6.45) is -4.98. The van der Waals surface area contributed by atoms with Gasteiger partial charge < -0.3 is 5.32 Å². The van der Waals surface area contributed by atoms with E-state index in [4.69, 9.17) is 5.26 Å². The van der Waals surface area contributed by atoms with Crippen LogP contribution in [-0.4, -0.2) is 12.1 Å². The lowest BCUT2D eigenvalue weighted by Gasteiger charge is -2.18. The van der Waals surface area contributed by atoms with Crippen molar-refractivity contribution in [2.75, 3.05) is 0 Å². The summed E-state index contributed by atoms with van der Waals surface area (Å²) in [5.74, 6) is -1.79. The van der Waals surface area contributed by atoms with Crippen molar-refractivity contribution < 1.29 is 22.4 Å². The van der Waals surface area contributed by atoms with Crippen LogP contribution in [0.25, 0.3) is 0 Å². The standard InChI is InChI=1S/C13H10F4N2O/c14-10-2-1-8(5-9(10)6-18)7-19-11(20)12(3-4-12)13(15,16)17/h1-2,5H,3-4,7H2,(H,19,20). The topological polar surface area (TPSA) is 52.9 Å². The van der Waals surface area contributed by atoms with Crippen molar-refractivity contribution >= 4 is 5.91 Å². The van der Waals surface area contributed by atoms with Gasteiger partial charge in [-0.05, 0) is 30.5 Å². The van der Waals surface area contributed by atoms with E-state index in [2.05, 4.69) is 5.32 Å². The maximum absolute atomic E-state index is 13.1. The van der Waals surface area contributed by atoms with Gasteiger partial charge in [0.25, 0.3) is 0 Å². The van der Waals surface area contributed by atoms with Gasteiger partial charge in [0, 0.05) is 6.54 Å². The minimum Gasteiger partial charge on any atom is -0.351 e. The van der Waals surface area contributed by atoms with Crippen LogP contribution in [0.2, 0.25) is 0 Å². The first kappa shape index (κ1) is 14.3. The highest BCUT2D eigenvalue weighted by molar-refractivity contribution is 5.86. The first-order chi connectivity index (χ1) is 9.30. The summed E-state index contributed by atoms with van der Waals surface area (Å²) >= 11 is 0. The molecule has 1 amide bonds. The monoisotopic (exact) mass is 286 g/mol. The van der Waals surface area contributed by atoms with Crippen LogP contribution in [0, 0.1) is 22.6 Å². The third-order valence-corrected chi connectivity index (χ3v) is 3.33. The van der Waals surface area contributed by atoms with E-state index in [-0.39, 0.29) is 24.9 Å². The van der Waals surface area contributed by atoms with Gasteiger partial charge in [0.1, 0.15) is 17.3 Å². The molecule has 1 aromatic rings. The molecule has 1 aromatic carbocycles. The molecule has 7 heteroatoms. The molecule has 2 rings (SSSR count). The molecule has 0 radical (unpaired) electrons. The highest BCUT2D eigenvalue weighted by Gasteiger charge is 2.68. The smallest absolute Gasteiger partial charge is 0.351 e. The molecule has 1 N–H and O–H groups in total. The second-order valence-electron chi connectivity index (χ2n) is 4.69. The van der Waals surface area contributed by atoms with Gasteiger partial charge in [-0.1, -0.05) is 6.07 Å². The maximum atomic E-state index is 13.1. The van der Waals surface area contributed by atoms with Crippen LogP contribution >= 0.6 is 0 Å². The number of amides is 1. The molecule has 0 unspecified atom stereocenters. The zero-order valence-corrected chi connectivity index (χ0v) is 10.2. The van der Waals surface area contributed by atoms with Gasteiger partial charge in [0.05, 0.1) is 5.56 Å². The molecule has 0 aromatic heterocycles. The fraction of sp³-hybridized carbons (Fsp3) is 0.385. The number of hydrogen-bond acceptors (Lipinski definition) is 2. The summed E-state index contributed by atoms with van der Waals surface area (Å²) in [7, 11) is 0. The molecule has 0 saturated heterocycles. The first-order valence-corrected chi connectivity index (χ1v) is 5.84. The lowest BCUT2D eigenvalue weighted by atomic mass is 10.1. The summed E-state index contributed by atoms with van der Waals surface area (Å²) < 4.78 is 51.1. The van der Waals surface area contributed by atoms with E-state index in [0.29, 0.717) is 5.56 Å². The summed E-state index contributed by atoms with van der Waals surface area (Å²) in [4.78, 5) is 11.6. The highest BCUT2D eigenvalue weighted by atomic mass is 19.4. The minimum absolute atomic E-state index is 0.175. The zero-order chi connectivity index (χ0) is 15.0. The number of hydrogen-bond donors (Lipinski definition) is 1. The highest BCUT2D eigenvalue weighted by Crippen LogP contribution is 2.57. The number of nitrogens with zero attached hydrogens (tertiary/aromatic N) is 1. The van der Waals surface area contributed by atoms with E-state index in [1.165, 1.54) is 12.1 Å².